The molecule has 1 heterocycles. The van der Waals surface area contributed by atoms with Gasteiger partial charge in [-0.05, 0) is 34.7 Å². The number of hydrogen-bond acceptors (Lipinski definition) is 1. The molecule has 112 valence electrons. The molecule has 0 amide bonds. The lowest BCUT2D eigenvalue weighted by Gasteiger charge is -2.10. The zero-order chi connectivity index (χ0) is 16.0. The highest BCUT2D eigenvalue weighted by Crippen LogP contribution is 2.34. The molecule has 0 fully saturated rings. The third-order valence-corrected chi connectivity index (χ3v) is 3.91. The molecule has 0 saturated heterocycles. The molecule has 0 unspecified atom stereocenters. The molecule has 0 bridgehead atoms. The minimum Gasteiger partial charge on any atom is -0.256 e. The van der Waals surface area contributed by atoms with Crippen LogP contribution in [0.3, 0.4) is 0 Å². The summed E-state index contributed by atoms with van der Waals surface area (Å²) in [6.07, 6.45) is 1.67. The SMILES string of the molecule is Fc1cc(-c2cccc3ccc4cccnc4c23)cc(F)c1F. The number of pyridine rings is 1. The Hall–Kier alpha value is -2.88. The first kappa shape index (κ1) is 13.8. The molecule has 4 rings (SSSR count). The van der Waals surface area contributed by atoms with E-state index < -0.39 is 17.5 Å². The van der Waals surface area contributed by atoms with Crippen LogP contribution in [0, 0.1) is 17.5 Å². The number of nitrogens with zero attached hydrogens (tertiary/aromatic N) is 1. The predicted octanol–water partition coefficient (Wildman–Crippen LogP) is 5.47. The lowest BCUT2D eigenvalue weighted by Crippen LogP contribution is -1.93. The van der Waals surface area contributed by atoms with E-state index >= 15 is 0 Å². The van der Waals surface area contributed by atoms with Crippen LogP contribution in [0.25, 0.3) is 32.8 Å². The number of fused-ring (bicyclic) bond motifs is 3. The summed E-state index contributed by atoms with van der Waals surface area (Å²) in [6, 6.07) is 15.1. The maximum Gasteiger partial charge on any atom is 0.194 e. The first-order valence-electron chi connectivity index (χ1n) is 7.06. The highest BCUT2D eigenvalue weighted by Gasteiger charge is 2.14. The molecule has 0 aliphatic carbocycles. The molecule has 0 aliphatic rings. The fourth-order valence-electron chi connectivity index (χ4n) is 2.87. The Morgan fingerprint density at radius 3 is 2.22 bits per heavy atom. The molecular weight excluding hydrogens is 299 g/mol. The average molecular weight is 309 g/mol. The number of halogens is 3. The molecule has 0 aliphatic heterocycles. The fraction of sp³-hybridized carbons (Fsp3) is 0. The largest absolute Gasteiger partial charge is 0.256 e. The summed E-state index contributed by atoms with van der Waals surface area (Å²) in [6.45, 7) is 0. The van der Waals surface area contributed by atoms with E-state index in [1.54, 1.807) is 18.3 Å². The molecule has 4 heteroatoms. The van der Waals surface area contributed by atoms with Gasteiger partial charge in [-0.1, -0.05) is 36.4 Å². The van der Waals surface area contributed by atoms with Crippen LogP contribution in [-0.2, 0) is 0 Å². The van der Waals surface area contributed by atoms with Gasteiger partial charge in [0.2, 0.25) is 0 Å². The summed E-state index contributed by atoms with van der Waals surface area (Å²) >= 11 is 0. The Kier molecular flexibility index (Phi) is 3.05. The fourth-order valence-corrected chi connectivity index (χ4v) is 2.87. The van der Waals surface area contributed by atoms with E-state index in [9.17, 15) is 13.2 Å². The first-order valence-corrected chi connectivity index (χ1v) is 7.06. The lowest BCUT2D eigenvalue weighted by molar-refractivity contribution is 0.448. The second kappa shape index (κ2) is 5.09. The normalized spacial score (nSPS) is 11.3. The summed E-state index contributed by atoms with van der Waals surface area (Å²) in [5, 5.41) is 2.62. The standard InChI is InChI=1S/C19H10F3N/c20-15-9-13(10-16(21)18(15)22)14-5-1-3-11-6-7-12-4-2-8-23-19(12)17(11)14/h1-10H. The highest BCUT2D eigenvalue weighted by atomic mass is 19.2. The highest BCUT2D eigenvalue weighted by molar-refractivity contribution is 6.12. The van der Waals surface area contributed by atoms with Gasteiger partial charge >= 0.3 is 0 Å². The molecule has 0 N–H and O–H groups in total. The van der Waals surface area contributed by atoms with Gasteiger partial charge in [0.15, 0.2) is 17.5 Å². The second-order valence-electron chi connectivity index (χ2n) is 5.30. The van der Waals surface area contributed by atoms with E-state index in [0.717, 1.165) is 33.8 Å². The van der Waals surface area contributed by atoms with Gasteiger partial charge in [-0.3, -0.25) is 4.98 Å². The first-order chi connectivity index (χ1) is 11.1. The van der Waals surface area contributed by atoms with E-state index in [4.69, 9.17) is 0 Å². The van der Waals surface area contributed by atoms with Gasteiger partial charge in [-0.15, -0.1) is 0 Å². The minimum atomic E-state index is -1.46. The van der Waals surface area contributed by atoms with Crippen molar-refractivity contribution in [3.05, 3.63) is 78.2 Å². The third-order valence-electron chi connectivity index (χ3n) is 3.91. The summed E-state index contributed by atoms with van der Waals surface area (Å²) < 4.78 is 40.4. The maximum absolute atomic E-state index is 13.6. The van der Waals surface area contributed by atoms with Crippen molar-refractivity contribution in [2.75, 3.05) is 0 Å². The monoisotopic (exact) mass is 309 g/mol. The molecule has 4 aromatic rings. The molecular formula is C19H10F3N. The van der Waals surface area contributed by atoms with E-state index in [-0.39, 0.29) is 5.56 Å². The van der Waals surface area contributed by atoms with Crippen LogP contribution in [0.2, 0.25) is 0 Å². The Labute approximate surface area is 130 Å². The Balaban J connectivity index is 2.13. The van der Waals surface area contributed by atoms with E-state index in [0.29, 0.717) is 5.56 Å². The Morgan fingerprint density at radius 1 is 0.739 bits per heavy atom. The van der Waals surface area contributed by atoms with Crippen molar-refractivity contribution in [3.8, 4) is 11.1 Å². The van der Waals surface area contributed by atoms with Crippen molar-refractivity contribution in [1.82, 2.24) is 4.98 Å². The van der Waals surface area contributed by atoms with E-state index in [1.807, 2.05) is 30.3 Å². The van der Waals surface area contributed by atoms with Gasteiger partial charge in [0.25, 0.3) is 0 Å². The van der Waals surface area contributed by atoms with Crippen LogP contribution in [0.4, 0.5) is 13.2 Å². The topological polar surface area (TPSA) is 12.9 Å². The average Bonchev–Trinajstić information content (AvgIpc) is 2.58. The summed E-state index contributed by atoms with van der Waals surface area (Å²) in [5.41, 5.74) is 1.64. The zero-order valence-corrected chi connectivity index (χ0v) is 11.9. The molecule has 0 radical (unpaired) electrons. The molecule has 1 nitrogen and oxygen atoms in total. The zero-order valence-electron chi connectivity index (χ0n) is 11.9. The van der Waals surface area contributed by atoms with E-state index in [2.05, 4.69) is 4.98 Å². The maximum atomic E-state index is 13.6. The van der Waals surface area contributed by atoms with Gasteiger partial charge in [0.05, 0.1) is 5.52 Å². The van der Waals surface area contributed by atoms with Crippen molar-refractivity contribution < 1.29 is 13.2 Å². The van der Waals surface area contributed by atoms with Gasteiger partial charge in [-0.2, -0.15) is 0 Å². The molecule has 1 aromatic heterocycles. The van der Waals surface area contributed by atoms with Crippen molar-refractivity contribution in [1.29, 1.82) is 0 Å². The van der Waals surface area contributed by atoms with Gasteiger partial charge in [-0.25, -0.2) is 13.2 Å². The molecule has 0 spiro atoms. The molecule has 3 aromatic carbocycles. The Bertz CT molecular complexity index is 1030. The molecule has 23 heavy (non-hydrogen) atoms. The smallest absolute Gasteiger partial charge is 0.194 e. The van der Waals surface area contributed by atoms with Gasteiger partial charge in [0.1, 0.15) is 0 Å². The third kappa shape index (κ3) is 2.14. The number of hydrogen-bond donors (Lipinski definition) is 0. The summed E-state index contributed by atoms with van der Waals surface area (Å²) in [7, 11) is 0. The van der Waals surface area contributed by atoms with E-state index in [1.165, 1.54) is 0 Å². The van der Waals surface area contributed by atoms with Gasteiger partial charge < -0.3 is 0 Å². The molecule has 0 saturated carbocycles. The minimum absolute atomic E-state index is 0.283. The van der Waals surface area contributed by atoms with Crippen molar-refractivity contribution in [3.63, 3.8) is 0 Å². The van der Waals surface area contributed by atoms with Crippen LogP contribution in [0.15, 0.2) is 60.8 Å². The lowest BCUT2D eigenvalue weighted by atomic mass is 9.96. The number of rotatable bonds is 1. The van der Waals surface area contributed by atoms with Crippen LogP contribution >= 0.6 is 0 Å². The van der Waals surface area contributed by atoms with Crippen LogP contribution in [0.1, 0.15) is 0 Å². The van der Waals surface area contributed by atoms with Crippen molar-refractivity contribution in [2.24, 2.45) is 0 Å². The summed E-state index contributed by atoms with van der Waals surface area (Å²) in [5.74, 6) is -3.87. The number of benzene rings is 3. The van der Waals surface area contributed by atoms with Crippen LogP contribution in [0.5, 0.6) is 0 Å². The van der Waals surface area contributed by atoms with Crippen molar-refractivity contribution >= 4 is 21.7 Å². The second-order valence-corrected chi connectivity index (χ2v) is 5.30. The summed E-state index contributed by atoms with van der Waals surface area (Å²) in [4.78, 5) is 4.40. The van der Waals surface area contributed by atoms with Gasteiger partial charge in [0, 0.05) is 17.0 Å². The van der Waals surface area contributed by atoms with Crippen molar-refractivity contribution in [2.45, 2.75) is 0 Å². The van der Waals surface area contributed by atoms with Crippen LogP contribution in [-0.4, -0.2) is 4.98 Å². The quantitative estimate of drug-likeness (QED) is 0.335. The Morgan fingerprint density at radius 2 is 1.43 bits per heavy atom. The molecule has 0 atom stereocenters. The van der Waals surface area contributed by atoms with Crippen LogP contribution < -0.4 is 0 Å². The number of aromatic nitrogens is 1. The predicted molar refractivity (Wildman–Crippen MR) is 84.6 cm³/mol.